The van der Waals surface area contributed by atoms with Gasteiger partial charge in [0.1, 0.15) is 5.60 Å². The summed E-state index contributed by atoms with van der Waals surface area (Å²) < 4.78 is 0. The van der Waals surface area contributed by atoms with Crippen LogP contribution in [0.5, 0.6) is 0 Å². The van der Waals surface area contributed by atoms with E-state index in [1.54, 1.807) is 0 Å². The standard InChI is InChI=1S/C24H38O5/c1-3-5-6-11-16-24(29,4-2)17-12-14-20-19(21(25)18-22(20)26)13-9-7-8-10-15-23(27)28/h2,7,9,12,14,19-22,25-26,29H,3,5-6,8,10-11,13,15-18H2,1H3,(H,27,28)/t19-,20-,21+,22-,24?/m1/s1. The molecule has 0 amide bonds. The number of hydrogen-bond acceptors (Lipinski definition) is 4. The molecule has 0 heterocycles. The highest BCUT2D eigenvalue weighted by atomic mass is 16.4. The summed E-state index contributed by atoms with van der Waals surface area (Å²) in [5, 5.41) is 39.8. The van der Waals surface area contributed by atoms with Crippen molar-refractivity contribution in [2.45, 2.75) is 95.4 Å². The first-order chi connectivity index (χ1) is 13.8. The molecule has 0 bridgehead atoms. The van der Waals surface area contributed by atoms with Gasteiger partial charge in [0.15, 0.2) is 0 Å². The second-order valence-corrected chi connectivity index (χ2v) is 8.22. The number of carboxylic acid groups (broad SMARTS) is 1. The molecule has 0 radical (unpaired) electrons. The first kappa shape index (κ1) is 25.4. The number of allylic oxidation sites excluding steroid dienone is 2. The van der Waals surface area contributed by atoms with Crippen molar-refractivity contribution in [1.82, 2.24) is 0 Å². The summed E-state index contributed by atoms with van der Waals surface area (Å²) in [6.45, 7) is 2.14. The zero-order valence-electron chi connectivity index (χ0n) is 17.7. The third kappa shape index (κ3) is 9.62. The van der Waals surface area contributed by atoms with Crippen LogP contribution >= 0.6 is 0 Å². The maximum absolute atomic E-state index is 10.6. The number of aliphatic hydroxyl groups excluding tert-OH is 2. The van der Waals surface area contributed by atoms with Gasteiger partial charge in [0.2, 0.25) is 0 Å². The molecule has 29 heavy (non-hydrogen) atoms. The third-order valence-electron chi connectivity index (χ3n) is 5.78. The van der Waals surface area contributed by atoms with Crippen LogP contribution in [0.4, 0.5) is 0 Å². The van der Waals surface area contributed by atoms with Gasteiger partial charge in [-0.2, -0.15) is 0 Å². The lowest BCUT2D eigenvalue weighted by Crippen LogP contribution is -2.26. The zero-order valence-corrected chi connectivity index (χ0v) is 17.7. The van der Waals surface area contributed by atoms with Crippen molar-refractivity contribution in [3.63, 3.8) is 0 Å². The van der Waals surface area contributed by atoms with Crippen molar-refractivity contribution in [3.05, 3.63) is 24.3 Å². The summed E-state index contributed by atoms with van der Waals surface area (Å²) in [6, 6.07) is 0. The molecule has 5 atom stereocenters. The molecular formula is C24H38O5. The number of carbonyl (C=O) groups is 1. The minimum atomic E-state index is -1.16. The van der Waals surface area contributed by atoms with Gasteiger partial charge in [0.05, 0.1) is 12.2 Å². The third-order valence-corrected chi connectivity index (χ3v) is 5.78. The minimum absolute atomic E-state index is 0.0968. The van der Waals surface area contributed by atoms with Crippen molar-refractivity contribution in [3.8, 4) is 12.3 Å². The van der Waals surface area contributed by atoms with Crippen molar-refractivity contribution in [1.29, 1.82) is 0 Å². The minimum Gasteiger partial charge on any atom is -0.481 e. The summed E-state index contributed by atoms with van der Waals surface area (Å²) in [4.78, 5) is 10.5. The average molecular weight is 407 g/mol. The summed E-state index contributed by atoms with van der Waals surface area (Å²) in [7, 11) is 0. The van der Waals surface area contributed by atoms with Crippen LogP contribution in [0, 0.1) is 24.2 Å². The second-order valence-electron chi connectivity index (χ2n) is 8.22. The predicted octanol–water partition coefficient (Wildman–Crippen LogP) is 3.83. The predicted molar refractivity (Wildman–Crippen MR) is 115 cm³/mol. The normalized spacial score (nSPS) is 26.7. The van der Waals surface area contributed by atoms with Crippen LogP contribution < -0.4 is 0 Å². The van der Waals surface area contributed by atoms with Gasteiger partial charge in [0.25, 0.3) is 0 Å². The van der Waals surface area contributed by atoms with Crippen molar-refractivity contribution >= 4 is 5.97 Å². The summed E-state index contributed by atoms with van der Waals surface area (Å²) in [5.74, 6) is 1.44. The van der Waals surface area contributed by atoms with E-state index in [-0.39, 0.29) is 18.3 Å². The molecule has 0 saturated heterocycles. The van der Waals surface area contributed by atoms with Crippen molar-refractivity contribution in [2.75, 3.05) is 0 Å². The smallest absolute Gasteiger partial charge is 0.303 e. The zero-order chi connectivity index (χ0) is 21.7. The molecule has 1 unspecified atom stereocenters. The van der Waals surface area contributed by atoms with Gasteiger partial charge in [-0.3, -0.25) is 4.79 Å². The monoisotopic (exact) mass is 406 g/mol. The van der Waals surface area contributed by atoms with E-state index >= 15 is 0 Å². The van der Waals surface area contributed by atoms with Gasteiger partial charge >= 0.3 is 5.97 Å². The molecule has 4 N–H and O–H groups in total. The molecule has 0 aromatic carbocycles. The van der Waals surface area contributed by atoms with E-state index in [4.69, 9.17) is 11.5 Å². The lowest BCUT2D eigenvalue weighted by molar-refractivity contribution is -0.137. The van der Waals surface area contributed by atoms with E-state index in [2.05, 4.69) is 12.8 Å². The molecule has 5 nitrogen and oxygen atoms in total. The topological polar surface area (TPSA) is 98.0 Å². The van der Waals surface area contributed by atoms with E-state index < -0.39 is 23.8 Å². The fourth-order valence-corrected chi connectivity index (χ4v) is 3.95. The van der Waals surface area contributed by atoms with Crippen molar-refractivity contribution < 1.29 is 25.2 Å². The molecule has 1 aliphatic rings. The molecule has 0 aromatic heterocycles. The van der Waals surface area contributed by atoms with Crippen LogP contribution in [0.25, 0.3) is 0 Å². The van der Waals surface area contributed by atoms with Crippen LogP contribution in [0.3, 0.4) is 0 Å². The Morgan fingerprint density at radius 3 is 2.55 bits per heavy atom. The molecule has 1 saturated carbocycles. The van der Waals surface area contributed by atoms with E-state index in [1.165, 1.54) is 0 Å². The molecular weight excluding hydrogens is 368 g/mol. The Morgan fingerprint density at radius 2 is 1.90 bits per heavy atom. The number of aliphatic hydroxyl groups is 3. The number of unbranched alkanes of at least 4 members (excludes halogenated alkanes) is 4. The van der Waals surface area contributed by atoms with Crippen LogP contribution in [-0.4, -0.2) is 44.2 Å². The fraction of sp³-hybridized carbons (Fsp3) is 0.708. The first-order valence-electron chi connectivity index (χ1n) is 10.9. The van der Waals surface area contributed by atoms with Gasteiger partial charge in [-0.25, -0.2) is 0 Å². The molecule has 1 aliphatic carbocycles. The first-order valence-corrected chi connectivity index (χ1v) is 10.9. The van der Waals surface area contributed by atoms with Crippen LogP contribution in [-0.2, 0) is 4.79 Å². The van der Waals surface area contributed by atoms with Gasteiger partial charge in [0, 0.05) is 25.2 Å². The Labute approximate surface area is 175 Å². The maximum atomic E-state index is 10.6. The van der Waals surface area contributed by atoms with E-state index in [0.29, 0.717) is 38.5 Å². The van der Waals surface area contributed by atoms with Crippen LogP contribution in [0.1, 0.15) is 77.6 Å². The number of aliphatic carboxylic acids is 1. The lowest BCUT2D eigenvalue weighted by Gasteiger charge is -2.22. The second kappa shape index (κ2) is 13.6. The molecule has 0 spiro atoms. The van der Waals surface area contributed by atoms with Crippen LogP contribution in [0.15, 0.2) is 24.3 Å². The Morgan fingerprint density at radius 1 is 1.14 bits per heavy atom. The number of carboxylic acids is 1. The van der Waals surface area contributed by atoms with E-state index in [0.717, 1.165) is 25.7 Å². The SMILES string of the molecule is C#CC(O)(CC=C[C@@H]1[C@@H](CC=CCCCC(=O)O)[C@@H](O)C[C@H]1O)CCCCCC. The van der Waals surface area contributed by atoms with Gasteiger partial charge in [-0.15, -0.1) is 6.42 Å². The lowest BCUT2D eigenvalue weighted by atomic mass is 9.88. The highest BCUT2D eigenvalue weighted by Gasteiger charge is 2.39. The maximum Gasteiger partial charge on any atom is 0.303 e. The van der Waals surface area contributed by atoms with Crippen LogP contribution in [0.2, 0.25) is 0 Å². The molecule has 1 rings (SSSR count). The summed E-state index contributed by atoms with van der Waals surface area (Å²) in [5.41, 5.74) is -1.16. The Bertz CT molecular complexity index is 576. The Kier molecular flexibility index (Phi) is 11.9. The van der Waals surface area contributed by atoms with Gasteiger partial charge in [-0.1, -0.05) is 56.4 Å². The molecule has 164 valence electrons. The Hall–Kier alpha value is -1.61. The van der Waals surface area contributed by atoms with Gasteiger partial charge in [-0.05, 0) is 38.0 Å². The van der Waals surface area contributed by atoms with Gasteiger partial charge < -0.3 is 20.4 Å². The summed E-state index contributed by atoms with van der Waals surface area (Å²) in [6.07, 6.45) is 19.5. The number of rotatable bonds is 14. The molecule has 1 fully saturated rings. The highest BCUT2D eigenvalue weighted by Crippen LogP contribution is 2.36. The Balaban J connectivity index is 2.56. The van der Waals surface area contributed by atoms with E-state index in [9.17, 15) is 20.1 Å². The fourth-order valence-electron chi connectivity index (χ4n) is 3.95. The number of terminal acetylenes is 1. The quantitative estimate of drug-likeness (QED) is 0.200. The molecule has 5 heteroatoms. The average Bonchev–Trinajstić information content (AvgIpc) is 2.94. The molecule has 0 aliphatic heterocycles. The van der Waals surface area contributed by atoms with Crippen molar-refractivity contribution in [2.24, 2.45) is 11.8 Å². The summed E-state index contributed by atoms with van der Waals surface area (Å²) >= 11 is 0. The largest absolute Gasteiger partial charge is 0.481 e. The number of hydrogen-bond donors (Lipinski definition) is 4. The highest BCUT2D eigenvalue weighted by molar-refractivity contribution is 5.66. The van der Waals surface area contributed by atoms with E-state index in [1.807, 2.05) is 24.3 Å². The molecule has 0 aromatic rings.